The van der Waals surface area contributed by atoms with Gasteiger partial charge in [-0.25, -0.2) is 4.39 Å². The van der Waals surface area contributed by atoms with Crippen LogP contribution in [0.15, 0.2) is 23.8 Å². The van der Waals surface area contributed by atoms with E-state index in [1.807, 2.05) is 0 Å². The van der Waals surface area contributed by atoms with Gasteiger partial charge in [0.1, 0.15) is 5.67 Å². The molecule has 0 saturated heterocycles. The Morgan fingerprint density at radius 1 is 1.22 bits per heavy atom. The van der Waals surface area contributed by atoms with Crippen molar-refractivity contribution >= 4 is 11.8 Å². The Bertz CT molecular complexity index is 636. The van der Waals surface area contributed by atoms with Crippen molar-refractivity contribution in [3.05, 3.63) is 23.8 Å². The van der Waals surface area contributed by atoms with Crippen LogP contribution in [-0.4, -0.2) is 16.7 Å². The van der Waals surface area contributed by atoms with Gasteiger partial charge in [-0.15, -0.1) is 0 Å². The molecule has 0 bridgehead atoms. The van der Waals surface area contributed by atoms with E-state index in [9.17, 15) is 0 Å². The predicted molar refractivity (Wildman–Crippen MR) is 117 cm³/mol. The summed E-state index contributed by atoms with van der Waals surface area (Å²) in [5.74, 6) is 3.64. The zero-order valence-corrected chi connectivity index (χ0v) is 18.9. The van der Waals surface area contributed by atoms with E-state index >= 15 is 4.39 Å². The molecule has 0 aromatic carbocycles. The second-order valence-corrected chi connectivity index (χ2v) is 12.4. The molecule has 2 heteroatoms. The average Bonchev–Trinajstić information content (AvgIpc) is 2.86. The van der Waals surface area contributed by atoms with Crippen LogP contribution in [-0.2, 0) is 0 Å². The summed E-state index contributed by atoms with van der Waals surface area (Å²) in [5.41, 5.74) is 0.375. The van der Waals surface area contributed by atoms with Crippen molar-refractivity contribution in [2.45, 2.75) is 90.5 Å². The summed E-state index contributed by atoms with van der Waals surface area (Å²) >= 11 is 2.10. The Labute approximate surface area is 170 Å². The molecule has 0 N–H and O–H groups in total. The van der Waals surface area contributed by atoms with Gasteiger partial charge in [0.2, 0.25) is 0 Å². The minimum absolute atomic E-state index is 0.256. The third-order valence-electron chi connectivity index (χ3n) is 9.19. The largest absolute Gasteiger partial charge is 0.242 e. The van der Waals surface area contributed by atoms with Gasteiger partial charge in [-0.05, 0) is 92.0 Å². The number of thioether (sulfide) groups is 1. The van der Waals surface area contributed by atoms with E-state index in [0.29, 0.717) is 11.3 Å². The smallest absolute Gasteiger partial charge is 0.126 e. The van der Waals surface area contributed by atoms with Crippen LogP contribution >= 0.6 is 11.8 Å². The van der Waals surface area contributed by atoms with Crippen LogP contribution in [0.5, 0.6) is 0 Å². The average molecular weight is 391 g/mol. The molecule has 0 radical (unpaired) electrons. The quantitative estimate of drug-likeness (QED) is 0.445. The lowest BCUT2D eigenvalue weighted by Gasteiger charge is -2.60. The summed E-state index contributed by atoms with van der Waals surface area (Å²) < 4.78 is 16.9. The topological polar surface area (TPSA) is 0 Å². The van der Waals surface area contributed by atoms with Crippen LogP contribution in [0, 0.1) is 34.5 Å². The Morgan fingerprint density at radius 2 is 2.00 bits per heavy atom. The molecule has 0 unspecified atom stereocenters. The van der Waals surface area contributed by atoms with Gasteiger partial charge < -0.3 is 0 Å². The van der Waals surface area contributed by atoms with Gasteiger partial charge in [-0.1, -0.05) is 51.5 Å². The van der Waals surface area contributed by atoms with Crippen molar-refractivity contribution in [1.29, 1.82) is 0 Å². The first-order valence-electron chi connectivity index (χ1n) is 11.4. The van der Waals surface area contributed by atoms with Gasteiger partial charge in [0.15, 0.2) is 0 Å². The molecule has 3 saturated carbocycles. The second-order valence-electron chi connectivity index (χ2n) is 10.7. The molecule has 0 amide bonds. The maximum Gasteiger partial charge on any atom is 0.126 e. The van der Waals surface area contributed by atoms with Gasteiger partial charge in [0.05, 0.1) is 0 Å². The summed E-state index contributed by atoms with van der Waals surface area (Å²) in [6.07, 6.45) is 14.4. The van der Waals surface area contributed by atoms with E-state index in [0.717, 1.165) is 49.2 Å². The predicted octanol–water partition coefficient (Wildman–Crippen LogP) is 7.60. The van der Waals surface area contributed by atoms with Crippen LogP contribution in [0.2, 0.25) is 0 Å². The molecule has 4 aliphatic rings. The summed E-state index contributed by atoms with van der Waals surface area (Å²) in [6.45, 7) is 11.8. The third-order valence-corrected chi connectivity index (χ3v) is 10.3. The van der Waals surface area contributed by atoms with E-state index in [4.69, 9.17) is 0 Å². The van der Waals surface area contributed by atoms with Crippen LogP contribution in [0.3, 0.4) is 0 Å². The number of alkyl halides is 1. The third kappa shape index (κ3) is 2.90. The monoisotopic (exact) mass is 390 g/mol. The SMILES string of the molecule is CC(C)SCC[C@H]1[C@H](C)C[C@H]2[C@@H]3CCC4=CCC=C[C@]4(C)[C@@]3(F)CC[C@]12C. The molecule has 27 heavy (non-hydrogen) atoms. The fourth-order valence-electron chi connectivity index (χ4n) is 7.74. The highest BCUT2D eigenvalue weighted by atomic mass is 32.2. The summed E-state index contributed by atoms with van der Waals surface area (Å²) in [6, 6.07) is 0. The number of allylic oxidation sites excluding steroid dienone is 4. The molecule has 152 valence electrons. The Hall–Kier alpha value is -0.240. The van der Waals surface area contributed by atoms with Gasteiger partial charge in [0, 0.05) is 5.41 Å². The molecule has 0 heterocycles. The maximum atomic E-state index is 16.9. The lowest BCUT2D eigenvalue weighted by atomic mass is 9.46. The van der Waals surface area contributed by atoms with Gasteiger partial charge in [0.25, 0.3) is 0 Å². The van der Waals surface area contributed by atoms with E-state index in [1.165, 1.54) is 24.2 Å². The van der Waals surface area contributed by atoms with Crippen molar-refractivity contribution < 1.29 is 4.39 Å². The number of halogens is 1. The Kier molecular flexibility index (Phi) is 5.14. The molecule has 0 aromatic heterocycles. The number of fused-ring (bicyclic) bond motifs is 5. The maximum absolute atomic E-state index is 16.9. The van der Waals surface area contributed by atoms with Crippen molar-refractivity contribution in [3.8, 4) is 0 Å². The number of hydrogen-bond acceptors (Lipinski definition) is 1. The minimum Gasteiger partial charge on any atom is -0.242 e. The number of rotatable bonds is 4. The standard InChI is InChI=1S/C25H39FS/c1-17(2)27-15-11-20-18(3)16-22-21-10-9-19-8-6-7-12-24(19,5)25(21,26)14-13-23(20,22)4/h7-8,12,17-18,20-22H,6,9-11,13-16H2,1-5H3/t18-,20+,21+,22+,23-,24+,25-/m1/s1. The van der Waals surface area contributed by atoms with Gasteiger partial charge in [-0.3, -0.25) is 0 Å². The molecule has 0 aliphatic heterocycles. The number of hydrogen-bond donors (Lipinski definition) is 0. The molecular weight excluding hydrogens is 351 g/mol. The lowest BCUT2D eigenvalue weighted by Crippen LogP contribution is -2.59. The first-order valence-corrected chi connectivity index (χ1v) is 12.4. The molecule has 7 atom stereocenters. The zero-order chi connectivity index (χ0) is 19.4. The van der Waals surface area contributed by atoms with Crippen LogP contribution in [0.4, 0.5) is 4.39 Å². The van der Waals surface area contributed by atoms with Gasteiger partial charge >= 0.3 is 0 Å². The summed E-state index contributed by atoms with van der Waals surface area (Å²) in [7, 11) is 0. The lowest BCUT2D eigenvalue weighted by molar-refractivity contribution is -0.126. The second kappa shape index (κ2) is 6.92. The molecule has 4 aliphatic carbocycles. The van der Waals surface area contributed by atoms with Crippen molar-refractivity contribution in [3.63, 3.8) is 0 Å². The van der Waals surface area contributed by atoms with E-state index in [2.05, 4.69) is 64.6 Å². The molecule has 3 fully saturated rings. The molecule has 0 aromatic rings. The molecule has 4 rings (SSSR count). The summed E-state index contributed by atoms with van der Waals surface area (Å²) in [4.78, 5) is 0. The zero-order valence-electron chi connectivity index (χ0n) is 18.1. The van der Waals surface area contributed by atoms with E-state index in [-0.39, 0.29) is 11.3 Å². The van der Waals surface area contributed by atoms with Crippen molar-refractivity contribution in [1.82, 2.24) is 0 Å². The van der Waals surface area contributed by atoms with Crippen LogP contribution in [0.25, 0.3) is 0 Å². The van der Waals surface area contributed by atoms with Crippen molar-refractivity contribution in [2.24, 2.45) is 34.5 Å². The molecular formula is C25H39FS. The Balaban J connectivity index is 1.60. The highest BCUT2D eigenvalue weighted by Gasteiger charge is 2.66. The van der Waals surface area contributed by atoms with Crippen molar-refractivity contribution in [2.75, 3.05) is 5.75 Å². The van der Waals surface area contributed by atoms with Crippen LogP contribution < -0.4 is 0 Å². The fourth-order valence-corrected chi connectivity index (χ4v) is 8.60. The highest BCUT2D eigenvalue weighted by molar-refractivity contribution is 7.99. The first kappa shape index (κ1) is 20.0. The van der Waals surface area contributed by atoms with Gasteiger partial charge in [-0.2, -0.15) is 11.8 Å². The minimum atomic E-state index is -1.03. The molecule has 0 nitrogen and oxygen atoms in total. The Morgan fingerprint density at radius 3 is 2.74 bits per heavy atom. The first-order chi connectivity index (χ1) is 12.7. The fraction of sp³-hybridized carbons (Fsp3) is 0.840. The normalized spacial score (nSPS) is 48.8. The molecule has 0 spiro atoms. The van der Waals surface area contributed by atoms with E-state index in [1.54, 1.807) is 0 Å². The van der Waals surface area contributed by atoms with E-state index < -0.39 is 5.67 Å². The van der Waals surface area contributed by atoms with Crippen LogP contribution in [0.1, 0.15) is 79.6 Å². The summed E-state index contributed by atoms with van der Waals surface area (Å²) in [5, 5.41) is 0.719. The highest BCUT2D eigenvalue weighted by Crippen LogP contribution is 2.70.